The first-order chi connectivity index (χ1) is 8.45. The number of ether oxygens (including phenoxy) is 2. The monoisotopic (exact) mass is 251 g/mol. The SMILES string of the molecule is CCOC(=O)C(C)c1ccc(N)cc1OC(C)C. The topological polar surface area (TPSA) is 61.5 Å². The van der Waals surface area contributed by atoms with Crippen LogP contribution in [0.15, 0.2) is 18.2 Å². The Balaban J connectivity index is 3.02. The van der Waals surface area contributed by atoms with Gasteiger partial charge in [0, 0.05) is 17.3 Å². The molecule has 1 aromatic rings. The normalized spacial score (nSPS) is 12.3. The van der Waals surface area contributed by atoms with Gasteiger partial charge >= 0.3 is 5.97 Å². The molecule has 18 heavy (non-hydrogen) atoms. The zero-order chi connectivity index (χ0) is 13.7. The third-order valence-corrected chi connectivity index (χ3v) is 2.51. The molecule has 4 nitrogen and oxygen atoms in total. The van der Waals surface area contributed by atoms with Crippen molar-refractivity contribution < 1.29 is 14.3 Å². The zero-order valence-corrected chi connectivity index (χ0v) is 11.4. The maximum Gasteiger partial charge on any atom is 0.313 e. The molecule has 0 aromatic heterocycles. The van der Waals surface area contributed by atoms with Crippen LogP contribution in [0, 0.1) is 0 Å². The Morgan fingerprint density at radius 2 is 2.00 bits per heavy atom. The molecule has 0 heterocycles. The fourth-order valence-electron chi connectivity index (χ4n) is 1.66. The van der Waals surface area contributed by atoms with Crippen LogP contribution < -0.4 is 10.5 Å². The molecular formula is C14H21NO3. The molecule has 0 aliphatic rings. The van der Waals surface area contributed by atoms with Crippen molar-refractivity contribution in [2.24, 2.45) is 0 Å². The van der Waals surface area contributed by atoms with Crippen molar-refractivity contribution in [1.29, 1.82) is 0 Å². The lowest BCUT2D eigenvalue weighted by Crippen LogP contribution is -2.16. The van der Waals surface area contributed by atoms with Crippen molar-refractivity contribution in [3.63, 3.8) is 0 Å². The molecule has 1 aromatic carbocycles. The summed E-state index contributed by atoms with van der Waals surface area (Å²) < 4.78 is 10.7. The van der Waals surface area contributed by atoms with E-state index in [9.17, 15) is 4.79 Å². The number of carbonyl (C=O) groups excluding carboxylic acids is 1. The molecule has 0 saturated heterocycles. The van der Waals surface area contributed by atoms with E-state index in [0.717, 1.165) is 5.56 Å². The Labute approximate surface area is 108 Å². The highest BCUT2D eigenvalue weighted by Gasteiger charge is 2.21. The standard InChI is InChI=1S/C14H21NO3/c1-5-17-14(16)10(4)12-7-6-11(15)8-13(12)18-9(2)3/h6-10H,5,15H2,1-4H3. The molecule has 0 aliphatic heterocycles. The number of esters is 1. The molecule has 0 radical (unpaired) electrons. The van der Waals surface area contributed by atoms with E-state index in [2.05, 4.69) is 0 Å². The van der Waals surface area contributed by atoms with Gasteiger partial charge in [-0.25, -0.2) is 0 Å². The van der Waals surface area contributed by atoms with E-state index < -0.39 is 0 Å². The van der Waals surface area contributed by atoms with E-state index in [-0.39, 0.29) is 18.0 Å². The average Bonchev–Trinajstić information content (AvgIpc) is 2.28. The summed E-state index contributed by atoms with van der Waals surface area (Å²) >= 11 is 0. The quantitative estimate of drug-likeness (QED) is 0.645. The first kappa shape index (κ1) is 14.4. The summed E-state index contributed by atoms with van der Waals surface area (Å²) in [4.78, 5) is 11.8. The van der Waals surface area contributed by atoms with Gasteiger partial charge in [-0.1, -0.05) is 6.07 Å². The lowest BCUT2D eigenvalue weighted by molar-refractivity contribution is -0.144. The minimum absolute atomic E-state index is 0.0277. The summed E-state index contributed by atoms with van der Waals surface area (Å²) in [5.74, 6) is 0.0285. The van der Waals surface area contributed by atoms with Crippen molar-refractivity contribution in [2.75, 3.05) is 12.3 Å². The summed E-state index contributed by atoms with van der Waals surface area (Å²) in [6, 6.07) is 5.32. The van der Waals surface area contributed by atoms with Gasteiger partial charge in [-0.15, -0.1) is 0 Å². The Morgan fingerprint density at radius 3 is 2.56 bits per heavy atom. The number of carbonyl (C=O) groups is 1. The summed E-state index contributed by atoms with van der Waals surface area (Å²) in [6.45, 7) is 7.83. The Kier molecular flexibility index (Phi) is 5.01. The van der Waals surface area contributed by atoms with Crippen LogP contribution in [0.1, 0.15) is 39.2 Å². The third kappa shape index (κ3) is 3.65. The number of hydrogen-bond donors (Lipinski definition) is 1. The molecule has 1 unspecified atom stereocenters. The van der Waals surface area contributed by atoms with Crippen LogP contribution in [-0.2, 0) is 9.53 Å². The third-order valence-electron chi connectivity index (χ3n) is 2.51. The molecule has 100 valence electrons. The van der Waals surface area contributed by atoms with Crippen LogP contribution in [0.5, 0.6) is 5.75 Å². The zero-order valence-electron chi connectivity index (χ0n) is 11.4. The molecular weight excluding hydrogens is 230 g/mol. The van der Waals surface area contributed by atoms with Gasteiger partial charge < -0.3 is 15.2 Å². The minimum Gasteiger partial charge on any atom is -0.491 e. The molecule has 0 bridgehead atoms. The van der Waals surface area contributed by atoms with Crippen LogP contribution >= 0.6 is 0 Å². The molecule has 0 aliphatic carbocycles. The maximum atomic E-state index is 11.8. The van der Waals surface area contributed by atoms with E-state index >= 15 is 0 Å². The fraction of sp³-hybridized carbons (Fsp3) is 0.500. The summed E-state index contributed by atoms with van der Waals surface area (Å²) in [5, 5.41) is 0. The molecule has 0 saturated carbocycles. The predicted octanol–water partition coefficient (Wildman–Crippen LogP) is 2.72. The number of rotatable bonds is 5. The van der Waals surface area contributed by atoms with Gasteiger partial charge in [-0.3, -0.25) is 4.79 Å². The van der Waals surface area contributed by atoms with Gasteiger partial charge in [0.15, 0.2) is 0 Å². The number of nitrogen functional groups attached to an aromatic ring is 1. The van der Waals surface area contributed by atoms with E-state index in [4.69, 9.17) is 15.2 Å². The van der Waals surface area contributed by atoms with Crippen molar-refractivity contribution in [3.05, 3.63) is 23.8 Å². The van der Waals surface area contributed by atoms with Crippen molar-refractivity contribution in [3.8, 4) is 5.75 Å². The van der Waals surface area contributed by atoms with E-state index in [0.29, 0.717) is 18.0 Å². The van der Waals surface area contributed by atoms with Gasteiger partial charge in [0.25, 0.3) is 0 Å². The second-order valence-electron chi connectivity index (χ2n) is 4.44. The van der Waals surface area contributed by atoms with Gasteiger partial charge in [-0.2, -0.15) is 0 Å². The van der Waals surface area contributed by atoms with E-state index in [1.54, 1.807) is 26.0 Å². The summed E-state index contributed by atoms with van der Waals surface area (Å²) in [7, 11) is 0. The predicted molar refractivity (Wildman–Crippen MR) is 71.7 cm³/mol. The lowest BCUT2D eigenvalue weighted by atomic mass is 10.00. The average molecular weight is 251 g/mol. The fourth-order valence-corrected chi connectivity index (χ4v) is 1.66. The van der Waals surface area contributed by atoms with Crippen LogP contribution in [0.3, 0.4) is 0 Å². The Hall–Kier alpha value is -1.71. The molecule has 1 rings (SSSR count). The molecule has 0 spiro atoms. The number of nitrogens with two attached hydrogens (primary N) is 1. The first-order valence-corrected chi connectivity index (χ1v) is 6.18. The first-order valence-electron chi connectivity index (χ1n) is 6.18. The molecule has 1 atom stereocenters. The smallest absolute Gasteiger partial charge is 0.313 e. The highest BCUT2D eigenvalue weighted by Crippen LogP contribution is 2.30. The van der Waals surface area contributed by atoms with Gasteiger partial charge in [0.05, 0.1) is 18.6 Å². The summed E-state index contributed by atoms with van der Waals surface area (Å²) in [5.41, 5.74) is 7.16. The second-order valence-corrected chi connectivity index (χ2v) is 4.44. The second kappa shape index (κ2) is 6.28. The van der Waals surface area contributed by atoms with Crippen LogP contribution in [0.25, 0.3) is 0 Å². The number of benzene rings is 1. The maximum absolute atomic E-state index is 11.8. The Morgan fingerprint density at radius 1 is 1.33 bits per heavy atom. The number of hydrogen-bond acceptors (Lipinski definition) is 4. The minimum atomic E-state index is -0.362. The molecule has 0 amide bonds. The largest absolute Gasteiger partial charge is 0.491 e. The van der Waals surface area contributed by atoms with Crippen LogP contribution in [0.2, 0.25) is 0 Å². The van der Waals surface area contributed by atoms with Crippen molar-refractivity contribution in [2.45, 2.75) is 39.7 Å². The highest BCUT2D eigenvalue weighted by molar-refractivity contribution is 5.79. The van der Waals surface area contributed by atoms with Gasteiger partial charge in [0.1, 0.15) is 5.75 Å². The van der Waals surface area contributed by atoms with Crippen LogP contribution in [0.4, 0.5) is 5.69 Å². The van der Waals surface area contributed by atoms with Gasteiger partial charge in [0.2, 0.25) is 0 Å². The Bertz CT molecular complexity index is 416. The lowest BCUT2D eigenvalue weighted by Gasteiger charge is -2.18. The molecule has 4 heteroatoms. The number of anilines is 1. The van der Waals surface area contributed by atoms with Gasteiger partial charge in [-0.05, 0) is 33.8 Å². The van der Waals surface area contributed by atoms with Crippen LogP contribution in [-0.4, -0.2) is 18.7 Å². The summed E-state index contributed by atoms with van der Waals surface area (Å²) in [6.07, 6.45) is 0.0277. The highest BCUT2D eigenvalue weighted by atomic mass is 16.5. The van der Waals surface area contributed by atoms with Crippen molar-refractivity contribution in [1.82, 2.24) is 0 Å². The molecule has 2 N–H and O–H groups in total. The molecule has 0 fully saturated rings. The van der Waals surface area contributed by atoms with Crippen molar-refractivity contribution >= 4 is 11.7 Å². The van der Waals surface area contributed by atoms with E-state index in [1.165, 1.54) is 0 Å². The van der Waals surface area contributed by atoms with E-state index in [1.807, 2.05) is 19.9 Å².